The molecule has 2 aliphatic rings. The average Bonchev–Trinajstić information content (AvgIpc) is 2.93. The fourth-order valence-electron chi connectivity index (χ4n) is 4.58. The van der Waals surface area contributed by atoms with Gasteiger partial charge in [0, 0.05) is 61.2 Å². The monoisotopic (exact) mass is 530 g/mol. The molecule has 12 heteroatoms. The minimum atomic E-state index is -4.37. The highest BCUT2D eigenvalue weighted by molar-refractivity contribution is 5.85. The summed E-state index contributed by atoms with van der Waals surface area (Å²) in [4.78, 5) is 19.8. The topological polar surface area (TPSA) is 94.5 Å². The van der Waals surface area contributed by atoms with Gasteiger partial charge in [0.2, 0.25) is 5.95 Å². The Hall–Kier alpha value is -3.67. The van der Waals surface area contributed by atoms with Crippen LogP contribution in [0.25, 0.3) is 17.1 Å². The summed E-state index contributed by atoms with van der Waals surface area (Å²) < 4.78 is 52.8. The van der Waals surface area contributed by atoms with Gasteiger partial charge in [0.25, 0.3) is 0 Å². The predicted molar refractivity (Wildman–Crippen MR) is 136 cm³/mol. The standard InChI is InChI=1S/C26H29F3N6O3/c27-26(28,29)17-37-10-5-18-15-32-25(33-16-18)34-19-1-3-21(4-2-19)38-23-14-20(35-8-11-36-12-9-35)13-22-24(23)31-7-6-30-22/h5-7,10,13-16,19,21H,1-4,8-9,11-12,17H2,(H,32,33,34)/b10-5+. The molecule has 1 saturated heterocycles. The van der Waals surface area contributed by atoms with E-state index in [1.54, 1.807) is 12.4 Å². The summed E-state index contributed by atoms with van der Waals surface area (Å²) in [6.07, 6.45) is 8.00. The zero-order valence-corrected chi connectivity index (χ0v) is 20.7. The van der Waals surface area contributed by atoms with E-state index in [0.717, 1.165) is 67.5 Å². The second-order valence-electron chi connectivity index (χ2n) is 9.27. The van der Waals surface area contributed by atoms with E-state index in [1.807, 2.05) is 0 Å². The third-order valence-electron chi connectivity index (χ3n) is 6.48. The van der Waals surface area contributed by atoms with Crippen LogP contribution in [0.5, 0.6) is 5.75 Å². The van der Waals surface area contributed by atoms with Gasteiger partial charge in [-0.05, 0) is 37.8 Å². The van der Waals surface area contributed by atoms with Gasteiger partial charge >= 0.3 is 6.18 Å². The SMILES string of the molecule is FC(F)(F)CO/C=C/c1cnc(NC2CCC(Oc3cc(N4CCOCC4)cc4nccnc34)CC2)nc1. The van der Waals surface area contributed by atoms with Crippen LogP contribution in [0.2, 0.25) is 0 Å². The van der Waals surface area contributed by atoms with Crippen molar-refractivity contribution in [2.24, 2.45) is 0 Å². The number of alkyl halides is 3. The van der Waals surface area contributed by atoms with Gasteiger partial charge in [-0.3, -0.25) is 4.98 Å². The minimum absolute atomic E-state index is 0.0586. The molecule has 3 heterocycles. The van der Waals surface area contributed by atoms with Gasteiger partial charge in [0.05, 0.1) is 31.1 Å². The first-order valence-corrected chi connectivity index (χ1v) is 12.6. The first-order chi connectivity index (χ1) is 18.4. The van der Waals surface area contributed by atoms with Crippen LogP contribution in [0.15, 0.2) is 43.2 Å². The van der Waals surface area contributed by atoms with Gasteiger partial charge in [-0.25, -0.2) is 15.0 Å². The zero-order valence-electron chi connectivity index (χ0n) is 20.7. The number of hydrogen-bond donors (Lipinski definition) is 1. The van der Waals surface area contributed by atoms with Gasteiger partial charge in [-0.15, -0.1) is 0 Å². The number of hydrogen-bond acceptors (Lipinski definition) is 9. The van der Waals surface area contributed by atoms with Gasteiger partial charge in [-0.2, -0.15) is 13.2 Å². The number of aromatic nitrogens is 4. The Morgan fingerprint density at radius 2 is 1.74 bits per heavy atom. The van der Waals surface area contributed by atoms with Crippen molar-refractivity contribution in [2.75, 3.05) is 43.1 Å². The van der Waals surface area contributed by atoms with Crippen LogP contribution in [-0.2, 0) is 9.47 Å². The number of ether oxygens (including phenoxy) is 3. The van der Waals surface area contributed by atoms with E-state index in [-0.39, 0.29) is 12.1 Å². The van der Waals surface area contributed by atoms with Crippen LogP contribution in [0.1, 0.15) is 31.2 Å². The van der Waals surface area contributed by atoms with Gasteiger partial charge < -0.3 is 24.4 Å². The maximum Gasteiger partial charge on any atom is 0.422 e. The molecule has 3 aromatic rings. The quantitative estimate of drug-likeness (QED) is 0.419. The number of anilines is 2. The zero-order chi connectivity index (χ0) is 26.4. The Kier molecular flexibility index (Phi) is 8.06. The smallest absolute Gasteiger partial charge is 0.422 e. The third kappa shape index (κ3) is 7.00. The highest BCUT2D eigenvalue weighted by Gasteiger charge is 2.27. The van der Waals surface area contributed by atoms with Gasteiger partial charge in [0.1, 0.15) is 11.3 Å². The molecule has 0 atom stereocenters. The Morgan fingerprint density at radius 3 is 2.47 bits per heavy atom. The third-order valence-corrected chi connectivity index (χ3v) is 6.48. The molecule has 1 aromatic carbocycles. The summed E-state index contributed by atoms with van der Waals surface area (Å²) in [7, 11) is 0. The highest BCUT2D eigenvalue weighted by atomic mass is 19.4. The van der Waals surface area contributed by atoms with E-state index in [9.17, 15) is 13.2 Å². The Morgan fingerprint density at radius 1 is 1.00 bits per heavy atom. The number of nitrogens with one attached hydrogen (secondary N) is 1. The molecule has 0 radical (unpaired) electrons. The van der Waals surface area contributed by atoms with Crippen molar-refractivity contribution in [2.45, 2.75) is 44.0 Å². The van der Waals surface area contributed by atoms with Crippen LogP contribution in [0, 0.1) is 0 Å². The fourth-order valence-corrected chi connectivity index (χ4v) is 4.58. The Balaban J connectivity index is 1.15. The molecule has 1 aliphatic carbocycles. The second kappa shape index (κ2) is 11.8. The summed E-state index contributed by atoms with van der Waals surface area (Å²) in [6, 6.07) is 4.31. The lowest BCUT2D eigenvalue weighted by atomic mass is 9.93. The van der Waals surface area contributed by atoms with E-state index in [4.69, 9.17) is 9.47 Å². The molecule has 1 N–H and O–H groups in total. The Labute approximate surface area is 218 Å². The second-order valence-corrected chi connectivity index (χ2v) is 9.27. The van der Waals surface area contributed by atoms with E-state index < -0.39 is 12.8 Å². The van der Waals surface area contributed by atoms with Crippen molar-refractivity contribution in [1.82, 2.24) is 19.9 Å². The molecule has 0 amide bonds. The molecule has 1 aliphatic heterocycles. The summed E-state index contributed by atoms with van der Waals surface area (Å²) in [5.41, 5.74) is 3.18. The van der Waals surface area contributed by atoms with Crippen molar-refractivity contribution in [3.05, 3.63) is 48.7 Å². The maximum absolute atomic E-state index is 12.1. The molecule has 1 saturated carbocycles. The van der Waals surface area contributed by atoms with Crippen LogP contribution in [0.3, 0.4) is 0 Å². The first-order valence-electron chi connectivity index (χ1n) is 12.6. The molecule has 9 nitrogen and oxygen atoms in total. The first kappa shape index (κ1) is 26.0. The minimum Gasteiger partial charge on any atom is -0.492 e. The van der Waals surface area contributed by atoms with Crippen molar-refractivity contribution in [1.29, 1.82) is 0 Å². The molecule has 0 unspecified atom stereocenters. The number of benzene rings is 1. The molecule has 0 bridgehead atoms. The van der Waals surface area contributed by atoms with Crippen molar-refractivity contribution < 1.29 is 27.4 Å². The number of rotatable bonds is 8. The largest absolute Gasteiger partial charge is 0.492 e. The maximum atomic E-state index is 12.1. The summed E-state index contributed by atoms with van der Waals surface area (Å²) >= 11 is 0. The van der Waals surface area contributed by atoms with E-state index in [1.165, 1.54) is 18.5 Å². The number of halogens is 3. The summed E-state index contributed by atoms with van der Waals surface area (Å²) in [6.45, 7) is 1.72. The van der Waals surface area contributed by atoms with Crippen LogP contribution >= 0.6 is 0 Å². The normalized spacial score (nSPS) is 20.6. The van der Waals surface area contributed by atoms with Crippen molar-refractivity contribution >= 4 is 28.7 Å². The number of morpholine rings is 1. The van der Waals surface area contributed by atoms with Crippen LogP contribution in [-0.4, -0.2) is 71.2 Å². The molecule has 2 aromatic heterocycles. The van der Waals surface area contributed by atoms with Gasteiger partial charge in [-0.1, -0.05) is 0 Å². The van der Waals surface area contributed by atoms with E-state index in [2.05, 4.69) is 47.0 Å². The fraction of sp³-hybridized carbons (Fsp3) is 0.462. The summed E-state index contributed by atoms with van der Waals surface area (Å²) in [5.74, 6) is 1.22. The average molecular weight is 531 g/mol. The molecule has 38 heavy (non-hydrogen) atoms. The molecular weight excluding hydrogens is 501 g/mol. The lowest BCUT2D eigenvalue weighted by molar-refractivity contribution is -0.161. The van der Waals surface area contributed by atoms with Crippen LogP contribution in [0.4, 0.5) is 24.8 Å². The predicted octanol–water partition coefficient (Wildman–Crippen LogP) is 4.61. The van der Waals surface area contributed by atoms with E-state index in [0.29, 0.717) is 24.7 Å². The molecule has 0 spiro atoms. The lowest BCUT2D eigenvalue weighted by Gasteiger charge is -2.31. The van der Waals surface area contributed by atoms with Gasteiger partial charge in [0.15, 0.2) is 6.61 Å². The number of nitrogens with zero attached hydrogens (tertiary/aromatic N) is 5. The van der Waals surface area contributed by atoms with Crippen molar-refractivity contribution in [3.8, 4) is 5.75 Å². The van der Waals surface area contributed by atoms with Crippen LogP contribution < -0.4 is 15.0 Å². The lowest BCUT2D eigenvalue weighted by Crippen LogP contribution is -2.36. The van der Waals surface area contributed by atoms with Crippen molar-refractivity contribution in [3.63, 3.8) is 0 Å². The molecule has 202 valence electrons. The molecule has 5 rings (SSSR count). The highest BCUT2D eigenvalue weighted by Crippen LogP contribution is 2.33. The van der Waals surface area contributed by atoms with E-state index >= 15 is 0 Å². The summed E-state index contributed by atoms with van der Waals surface area (Å²) in [5, 5.41) is 3.34. The molecular formula is C26H29F3N6O3. The number of fused-ring (bicyclic) bond motifs is 1. The Bertz CT molecular complexity index is 1230. The molecule has 2 fully saturated rings.